The summed E-state index contributed by atoms with van der Waals surface area (Å²) in [6.07, 6.45) is 0.511. The Kier molecular flexibility index (Phi) is 5.66. The molecule has 0 aliphatic rings. The summed E-state index contributed by atoms with van der Waals surface area (Å²) in [6, 6.07) is 3.50. The normalized spacial score (nSPS) is 11.8. The van der Waals surface area contributed by atoms with Gasteiger partial charge < -0.3 is 10.0 Å². The molecular formula is C13H15ClN2O5. The number of aliphatic carboxylic acids is 1. The molecule has 0 saturated heterocycles. The molecule has 0 saturated carbocycles. The first-order valence-electron chi connectivity index (χ1n) is 6.25. The molecule has 1 atom stereocenters. The zero-order valence-corrected chi connectivity index (χ0v) is 12.3. The third-order valence-electron chi connectivity index (χ3n) is 3.09. The van der Waals surface area contributed by atoms with Crippen molar-refractivity contribution in [2.24, 2.45) is 0 Å². The molecule has 0 aromatic heterocycles. The lowest BCUT2D eigenvalue weighted by molar-refractivity contribution is -0.385. The molecule has 0 aliphatic carbocycles. The van der Waals surface area contributed by atoms with Gasteiger partial charge in [-0.25, -0.2) is 0 Å². The van der Waals surface area contributed by atoms with Crippen molar-refractivity contribution >= 4 is 29.2 Å². The number of carboxylic acid groups (broad SMARTS) is 1. The molecule has 8 heteroatoms. The van der Waals surface area contributed by atoms with E-state index in [9.17, 15) is 19.7 Å². The van der Waals surface area contributed by atoms with E-state index < -0.39 is 29.0 Å². The van der Waals surface area contributed by atoms with E-state index in [-0.39, 0.29) is 16.6 Å². The molecule has 1 aromatic carbocycles. The van der Waals surface area contributed by atoms with Crippen LogP contribution in [0.1, 0.15) is 30.6 Å². The summed E-state index contributed by atoms with van der Waals surface area (Å²) in [5.74, 6) is -1.96. The second-order valence-electron chi connectivity index (χ2n) is 4.48. The maximum atomic E-state index is 12.5. The van der Waals surface area contributed by atoms with Gasteiger partial charge in [-0.05, 0) is 19.4 Å². The summed E-state index contributed by atoms with van der Waals surface area (Å²) < 4.78 is 0. The third kappa shape index (κ3) is 3.91. The van der Waals surface area contributed by atoms with E-state index in [2.05, 4.69) is 0 Å². The van der Waals surface area contributed by atoms with Gasteiger partial charge in [-0.3, -0.25) is 19.7 Å². The maximum absolute atomic E-state index is 12.5. The third-order valence-corrected chi connectivity index (χ3v) is 3.41. The topological polar surface area (TPSA) is 101 Å². The van der Waals surface area contributed by atoms with E-state index in [4.69, 9.17) is 16.7 Å². The Hall–Kier alpha value is -2.15. The molecule has 0 aliphatic heterocycles. The van der Waals surface area contributed by atoms with Gasteiger partial charge in [0.25, 0.3) is 11.6 Å². The number of benzene rings is 1. The number of nitrogens with zero attached hydrogens (tertiary/aromatic N) is 2. The first kappa shape index (κ1) is 16.9. The van der Waals surface area contributed by atoms with Crippen LogP contribution in [0.25, 0.3) is 0 Å². The Morgan fingerprint density at radius 2 is 2.10 bits per heavy atom. The van der Waals surface area contributed by atoms with Crippen LogP contribution < -0.4 is 0 Å². The van der Waals surface area contributed by atoms with Gasteiger partial charge in [-0.1, -0.05) is 24.6 Å². The maximum Gasteiger partial charge on any atom is 0.323 e. The van der Waals surface area contributed by atoms with Gasteiger partial charge in [0.2, 0.25) is 0 Å². The lowest BCUT2D eigenvalue weighted by atomic mass is 10.1. The summed E-state index contributed by atoms with van der Waals surface area (Å²) in [5, 5.41) is 19.9. The number of nitro groups is 1. The molecule has 1 amide bonds. The minimum Gasteiger partial charge on any atom is -0.480 e. The monoisotopic (exact) mass is 314 g/mol. The fourth-order valence-corrected chi connectivity index (χ4v) is 2.06. The van der Waals surface area contributed by atoms with Gasteiger partial charge in [0, 0.05) is 12.1 Å². The van der Waals surface area contributed by atoms with Crippen molar-refractivity contribution in [1.29, 1.82) is 0 Å². The zero-order chi connectivity index (χ0) is 16.2. The molecule has 7 nitrogen and oxygen atoms in total. The number of carbonyl (C=O) groups excluding carboxylic acids is 1. The molecule has 21 heavy (non-hydrogen) atoms. The van der Waals surface area contributed by atoms with Crippen LogP contribution in [0.3, 0.4) is 0 Å². The Bertz CT molecular complexity index is 576. The molecule has 0 bridgehead atoms. The number of rotatable bonds is 6. The van der Waals surface area contributed by atoms with Gasteiger partial charge in [0.15, 0.2) is 0 Å². The van der Waals surface area contributed by atoms with Crippen LogP contribution in [0.15, 0.2) is 18.2 Å². The van der Waals surface area contributed by atoms with Crippen LogP contribution in [-0.2, 0) is 4.79 Å². The van der Waals surface area contributed by atoms with Gasteiger partial charge in [-0.2, -0.15) is 0 Å². The highest BCUT2D eigenvalue weighted by molar-refractivity contribution is 6.34. The highest BCUT2D eigenvalue weighted by atomic mass is 35.5. The average Bonchev–Trinajstić information content (AvgIpc) is 2.42. The molecule has 0 fully saturated rings. The number of carboxylic acids is 1. The number of amides is 1. The summed E-state index contributed by atoms with van der Waals surface area (Å²) >= 11 is 5.90. The number of hydrogen-bond acceptors (Lipinski definition) is 4. The van der Waals surface area contributed by atoms with Gasteiger partial charge in [0.1, 0.15) is 12.1 Å². The van der Waals surface area contributed by atoms with Crippen LogP contribution >= 0.6 is 11.6 Å². The number of hydrogen-bond donors (Lipinski definition) is 1. The number of carbonyl (C=O) groups is 2. The van der Waals surface area contributed by atoms with E-state index in [0.29, 0.717) is 6.42 Å². The quantitative estimate of drug-likeness (QED) is 0.642. The first-order valence-corrected chi connectivity index (χ1v) is 6.63. The molecule has 1 unspecified atom stereocenters. The summed E-state index contributed by atoms with van der Waals surface area (Å²) in [4.78, 5) is 34.8. The Morgan fingerprint density at radius 1 is 1.48 bits per heavy atom. The van der Waals surface area contributed by atoms with Gasteiger partial charge in [-0.15, -0.1) is 0 Å². The predicted octanol–water partition coefficient (Wildman–Crippen LogP) is 2.57. The fourth-order valence-electron chi connectivity index (χ4n) is 1.81. The van der Waals surface area contributed by atoms with Crippen LogP contribution in [0.4, 0.5) is 5.69 Å². The van der Waals surface area contributed by atoms with Crippen LogP contribution in [0.5, 0.6) is 0 Å². The smallest absolute Gasteiger partial charge is 0.323 e. The molecule has 0 heterocycles. The number of halogens is 1. The minimum atomic E-state index is -1.20. The van der Waals surface area contributed by atoms with Gasteiger partial charge >= 0.3 is 5.97 Å². The summed E-state index contributed by atoms with van der Waals surface area (Å²) in [5.41, 5.74) is -0.725. The van der Waals surface area contributed by atoms with Crippen molar-refractivity contribution in [3.8, 4) is 0 Å². The van der Waals surface area contributed by atoms with Crippen LogP contribution in [0.2, 0.25) is 5.02 Å². The molecule has 0 spiro atoms. The van der Waals surface area contributed by atoms with E-state index in [1.54, 1.807) is 13.8 Å². The van der Waals surface area contributed by atoms with E-state index >= 15 is 0 Å². The molecule has 114 valence electrons. The lowest BCUT2D eigenvalue weighted by Crippen LogP contribution is -2.42. The zero-order valence-electron chi connectivity index (χ0n) is 11.6. The van der Waals surface area contributed by atoms with Crippen molar-refractivity contribution in [3.05, 3.63) is 38.9 Å². The minimum absolute atomic E-state index is 0.0760. The number of nitro benzene ring substituents is 1. The molecular weight excluding hydrogens is 300 g/mol. The van der Waals surface area contributed by atoms with Crippen molar-refractivity contribution < 1.29 is 19.6 Å². The van der Waals surface area contributed by atoms with E-state index in [1.165, 1.54) is 12.1 Å². The second kappa shape index (κ2) is 7.03. The average molecular weight is 315 g/mol. The Balaban J connectivity index is 3.32. The van der Waals surface area contributed by atoms with Crippen molar-refractivity contribution in [1.82, 2.24) is 4.90 Å². The SMILES string of the molecule is CCC(C)N(CC(=O)O)C(=O)c1c(Cl)cccc1[N+](=O)[O-]. The summed E-state index contributed by atoms with van der Waals surface area (Å²) in [7, 11) is 0. The van der Waals surface area contributed by atoms with Crippen molar-refractivity contribution in [3.63, 3.8) is 0 Å². The molecule has 1 rings (SSSR count). The van der Waals surface area contributed by atoms with Gasteiger partial charge in [0.05, 0.1) is 9.95 Å². The molecule has 0 radical (unpaired) electrons. The standard InChI is InChI=1S/C13H15ClN2O5/c1-3-8(2)15(7-11(17)18)13(19)12-9(14)5-4-6-10(12)16(20)21/h4-6,8H,3,7H2,1-2H3,(H,17,18). The van der Waals surface area contributed by atoms with Crippen molar-refractivity contribution in [2.45, 2.75) is 26.3 Å². The van der Waals surface area contributed by atoms with E-state index in [1.807, 2.05) is 0 Å². The Morgan fingerprint density at radius 3 is 2.57 bits per heavy atom. The molecule has 1 aromatic rings. The van der Waals surface area contributed by atoms with Crippen LogP contribution in [0, 0.1) is 10.1 Å². The second-order valence-corrected chi connectivity index (χ2v) is 4.88. The van der Waals surface area contributed by atoms with E-state index in [0.717, 1.165) is 11.0 Å². The highest BCUT2D eigenvalue weighted by Crippen LogP contribution is 2.28. The Labute approximate surface area is 126 Å². The van der Waals surface area contributed by atoms with Crippen LogP contribution in [-0.4, -0.2) is 39.4 Å². The predicted molar refractivity (Wildman–Crippen MR) is 76.5 cm³/mol. The fraction of sp³-hybridized carbons (Fsp3) is 0.385. The molecule has 1 N–H and O–H groups in total. The highest BCUT2D eigenvalue weighted by Gasteiger charge is 2.30. The van der Waals surface area contributed by atoms with Crippen molar-refractivity contribution in [2.75, 3.05) is 6.54 Å². The lowest BCUT2D eigenvalue weighted by Gasteiger charge is -2.27. The largest absolute Gasteiger partial charge is 0.480 e. The first-order chi connectivity index (χ1) is 9.79. The summed E-state index contributed by atoms with van der Waals surface area (Å²) in [6.45, 7) is 2.91.